The number of hydrogen-bond acceptors (Lipinski definition) is 2. The molecular weight excluding hydrogens is 328 g/mol. The molecule has 0 amide bonds. The Balaban J connectivity index is 1.91. The fourth-order valence-electron chi connectivity index (χ4n) is 2.22. The van der Waals surface area contributed by atoms with E-state index < -0.39 is 6.10 Å². The summed E-state index contributed by atoms with van der Waals surface area (Å²) in [6.07, 6.45) is -0.490. The van der Waals surface area contributed by atoms with Crippen molar-refractivity contribution in [2.75, 3.05) is 0 Å². The number of benzene rings is 3. The molecule has 0 saturated carbocycles. The van der Waals surface area contributed by atoms with E-state index in [1.54, 1.807) is 6.92 Å². The SMILES string of the molecule is C[C@H](O)c1ccc(Oc2ccc3ccccc3c2)c(Br)c1. The van der Waals surface area contributed by atoms with Gasteiger partial charge in [-0.2, -0.15) is 0 Å². The van der Waals surface area contributed by atoms with Crippen LogP contribution >= 0.6 is 15.9 Å². The van der Waals surface area contributed by atoms with Crippen molar-refractivity contribution in [3.05, 3.63) is 70.7 Å². The summed E-state index contributed by atoms with van der Waals surface area (Å²) in [6.45, 7) is 1.74. The Labute approximate surface area is 132 Å². The van der Waals surface area contributed by atoms with Gasteiger partial charge in [0.15, 0.2) is 0 Å². The molecule has 3 aromatic carbocycles. The zero-order chi connectivity index (χ0) is 14.8. The lowest BCUT2D eigenvalue weighted by Crippen LogP contribution is -1.92. The van der Waals surface area contributed by atoms with E-state index >= 15 is 0 Å². The predicted molar refractivity (Wildman–Crippen MR) is 88.8 cm³/mol. The number of aliphatic hydroxyl groups excluding tert-OH is 1. The van der Waals surface area contributed by atoms with Gasteiger partial charge in [0.1, 0.15) is 11.5 Å². The molecule has 0 spiro atoms. The maximum atomic E-state index is 9.59. The van der Waals surface area contributed by atoms with Crippen LogP contribution in [0.3, 0.4) is 0 Å². The third-order valence-electron chi connectivity index (χ3n) is 3.39. The maximum Gasteiger partial charge on any atom is 0.141 e. The molecule has 3 heteroatoms. The van der Waals surface area contributed by atoms with Gasteiger partial charge in [-0.25, -0.2) is 0 Å². The highest BCUT2D eigenvalue weighted by Gasteiger charge is 2.07. The Bertz CT molecular complexity index is 781. The number of halogens is 1. The summed E-state index contributed by atoms with van der Waals surface area (Å²) in [5, 5.41) is 11.9. The van der Waals surface area contributed by atoms with E-state index in [0.29, 0.717) is 0 Å². The first kappa shape index (κ1) is 14.1. The van der Waals surface area contributed by atoms with Crippen LogP contribution in [0.4, 0.5) is 0 Å². The standard InChI is InChI=1S/C18H15BrO2/c1-12(20)14-7-9-18(17(19)11-14)21-16-8-6-13-4-2-3-5-15(13)10-16/h2-12,20H,1H3/t12-/m0/s1. The Morgan fingerprint density at radius 1 is 0.952 bits per heavy atom. The number of aliphatic hydroxyl groups is 1. The molecule has 21 heavy (non-hydrogen) atoms. The van der Waals surface area contributed by atoms with Gasteiger partial charge in [0.05, 0.1) is 10.6 Å². The average molecular weight is 343 g/mol. The van der Waals surface area contributed by atoms with Gasteiger partial charge in [-0.05, 0) is 63.5 Å². The van der Waals surface area contributed by atoms with E-state index in [1.165, 1.54) is 5.39 Å². The largest absolute Gasteiger partial charge is 0.456 e. The number of hydrogen-bond donors (Lipinski definition) is 1. The molecule has 0 unspecified atom stereocenters. The minimum atomic E-state index is -0.490. The summed E-state index contributed by atoms with van der Waals surface area (Å²) < 4.78 is 6.75. The highest BCUT2D eigenvalue weighted by atomic mass is 79.9. The summed E-state index contributed by atoms with van der Waals surface area (Å²) in [4.78, 5) is 0. The van der Waals surface area contributed by atoms with Crippen molar-refractivity contribution < 1.29 is 9.84 Å². The van der Waals surface area contributed by atoms with Crippen molar-refractivity contribution >= 4 is 26.7 Å². The van der Waals surface area contributed by atoms with Crippen LogP contribution in [0.1, 0.15) is 18.6 Å². The zero-order valence-electron chi connectivity index (χ0n) is 11.6. The minimum absolute atomic E-state index is 0.490. The molecule has 0 heterocycles. The van der Waals surface area contributed by atoms with Gasteiger partial charge in [-0.15, -0.1) is 0 Å². The molecule has 106 valence electrons. The van der Waals surface area contributed by atoms with Crippen LogP contribution in [0.5, 0.6) is 11.5 Å². The quantitative estimate of drug-likeness (QED) is 0.685. The van der Waals surface area contributed by atoms with Gasteiger partial charge in [0, 0.05) is 0 Å². The molecular formula is C18H15BrO2. The Hall–Kier alpha value is -1.84. The topological polar surface area (TPSA) is 29.5 Å². The van der Waals surface area contributed by atoms with E-state index in [0.717, 1.165) is 26.9 Å². The molecule has 0 fully saturated rings. The van der Waals surface area contributed by atoms with Crippen molar-refractivity contribution in [2.24, 2.45) is 0 Å². The summed E-state index contributed by atoms with van der Waals surface area (Å²) >= 11 is 3.49. The summed E-state index contributed by atoms with van der Waals surface area (Å²) in [5.74, 6) is 1.52. The molecule has 0 radical (unpaired) electrons. The van der Waals surface area contributed by atoms with Crippen LogP contribution in [0.15, 0.2) is 65.1 Å². The van der Waals surface area contributed by atoms with Crippen LogP contribution in [0.25, 0.3) is 10.8 Å². The molecule has 3 rings (SSSR count). The smallest absolute Gasteiger partial charge is 0.141 e. The number of rotatable bonds is 3. The molecule has 0 aliphatic rings. The monoisotopic (exact) mass is 342 g/mol. The molecule has 0 aliphatic heterocycles. The second-order valence-electron chi connectivity index (χ2n) is 4.98. The molecule has 1 N–H and O–H groups in total. The van der Waals surface area contributed by atoms with Gasteiger partial charge >= 0.3 is 0 Å². The number of ether oxygens (including phenoxy) is 1. The third-order valence-corrected chi connectivity index (χ3v) is 4.01. The molecule has 2 nitrogen and oxygen atoms in total. The van der Waals surface area contributed by atoms with Gasteiger partial charge < -0.3 is 9.84 Å². The van der Waals surface area contributed by atoms with Crippen LogP contribution in [-0.2, 0) is 0 Å². The van der Waals surface area contributed by atoms with Crippen molar-refractivity contribution in [3.63, 3.8) is 0 Å². The van der Waals surface area contributed by atoms with Crippen molar-refractivity contribution in [3.8, 4) is 11.5 Å². The minimum Gasteiger partial charge on any atom is -0.456 e. The normalized spacial score (nSPS) is 12.3. The van der Waals surface area contributed by atoms with Gasteiger partial charge in [-0.3, -0.25) is 0 Å². The second kappa shape index (κ2) is 5.88. The van der Waals surface area contributed by atoms with E-state index in [-0.39, 0.29) is 0 Å². The summed E-state index contributed by atoms with van der Waals surface area (Å²) in [6, 6.07) is 19.8. The molecule has 0 bridgehead atoms. The van der Waals surface area contributed by atoms with Gasteiger partial charge in [0.2, 0.25) is 0 Å². The maximum absolute atomic E-state index is 9.59. The van der Waals surface area contributed by atoms with Crippen molar-refractivity contribution in [2.45, 2.75) is 13.0 Å². The Morgan fingerprint density at radius 3 is 2.43 bits per heavy atom. The van der Waals surface area contributed by atoms with E-state index in [2.05, 4.69) is 28.1 Å². The first-order valence-electron chi connectivity index (χ1n) is 6.77. The Morgan fingerprint density at radius 2 is 1.71 bits per heavy atom. The van der Waals surface area contributed by atoms with E-state index in [9.17, 15) is 5.11 Å². The fourth-order valence-corrected chi connectivity index (χ4v) is 2.70. The van der Waals surface area contributed by atoms with Gasteiger partial charge in [-0.1, -0.05) is 36.4 Å². The molecule has 0 saturated heterocycles. The third kappa shape index (κ3) is 3.09. The number of fused-ring (bicyclic) bond motifs is 1. The summed E-state index contributed by atoms with van der Waals surface area (Å²) in [5.41, 5.74) is 0.854. The lowest BCUT2D eigenvalue weighted by atomic mass is 10.1. The molecule has 0 aromatic heterocycles. The lowest BCUT2D eigenvalue weighted by Gasteiger charge is -2.11. The van der Waals surface area contributed by atoms with Crippen LogP contribution in [-0.4, -0.2) is 5.11 Å². The highest BCUT2D eigenvalue weighted by Crippen LogP contribution is 2.33. The first-order valence-corrected chi connectivity index (χ1v) is 7.57. The Kier molecular flexibility index (Phi) is 3.95. The van der Waals surface area contributed by atoms with Crippen molar-refractivity contribution in [1.82, 2.24) is 0 Å². The zero-order valence-corrected chi connectivity index (χ0v) is 13.2. The fraction of sp³-hybridized carbons (Fsp3) is 0.111. The highest BCUT2D eigenvalue weighted by molar-refractivity contribution is 9.10. The molecule has 0 aliphatic carbocycles. The molecule has 1 atom stereocenters. The van der Waals surface area contributed by atoms with Crippen LogP contribution in [0.2, 0.25) is 0 Å². The van der Waals surface area contributed by atoms with E-state index in [4.69, 9.17) is 4.74 Å². The van der Waals surface area contributed by atoms with Gasteiger partial charge in [0.25, 0.3) is 0 Å². The summed E-state index contributed by atoms with van der Waals surface area (Å²) in [7, 11) is 0. The van der Waals surface area contributed by atoms with E-state index in [1.807, 2.05) is 48.5 Å². The molecule has 3 aromatic rings. The average Bonchev–Trinajstić information content (AvgIpc) is 2.49. The first-order chi connectivity index (χ1) is 10.1. The predicted octanol–water partition coefficient (Wildman–Crippen LogP) is 5.45. The second-order valence-corrected chi connectivity index (χ2v) is 5.83. The van der Waals surface area contributed by atoms with Crippen molar-refractivity contribution in [1.29, 1.82) is 0 Å². The van der Waals surface area contributed by atoms with Crippen LogP contribution in [0, 0.1) is 0 Å². The lowest BCUT2D eigenvalue weighted by molar-refractivity contribution is 0.199. The van der Waals surface area contributed by atoms with Crippen LogP contribution < -0.4 is 4.74 Å².